The van der Waals surface area contributed by atoms with Gasteiger partial charge in [0.15, 0.2) is 5.52 Å². The summed E-state index contributed by atoms with van der Waals surface area (Å²) in [7, 11) is 0.101. The van der Waals surface area contributed by atoms with E-state index in [-0.39, 0.29) is 21.4 Å². The predicted molar refractivity (Wildman–Crippen MR) is 140 cm³/mol. The van der Waals surface area contributed by atoms with Gasteiger partial charge < -0.3 is 10.2 Å². The zero-order chi connectivity index (χ0) is 25.3. The molecular formula is C24H28ClN7O3S. The monoisotopic (exact) mass is 529 g/mol. The minimum absolute atomic E-state index is 0.0896. The van der Waals surface area contributed by atoms with Crippen LogP contribution in [0.3, 0.4) is 0 Å². The van der Waals surface area contributed by atoms with Crippen molar-refractivity contribution >= 4 is 55.3 Å². The van der Waals surface area contributed by atoms with Crippen LogP contribution in [-0.4, -0.2) is 55.9 Å². The van der Waals surface area contributed by atoms with Crippen LogP contribution in [0.4, 0.5) is 11.8 Å². The first-order chi connectivity index (χ1) is 17.3. The summed E-state index contributed by atoms with van der Waals surface area (Å²) in [5.41, 5.74) is 1.39. The Morgan fingerprint density at radius 3 is 2.44 bits per heavy atom. The molecule has 0 radical (unpaired) electrons. The van der Waals surface area contributed by atoms with Crippen molar-refractivity contribution in [1.29, 1.82) is 0 Å². The van der Waals surface area contributed by atoms with E-state index in [2.05, 4.69) is 30.0 Å². The van der Waals surface area contributed by atoms with Crippen molar-refractivity contribution in [2.75, 3.05) is 37.4 Å². The summed E-state index contributed by atoms with van der Waals surface area (Å²) in [6, 6.07) is 11.1. The number of fused-ring (bicyclic) bond motifs is 2. The van der Waals surface area contributed by atoms with E-state index >= 15 is 0 Å². The molecule has 2 heterocycles. The van der Waals surface area contributed by atoms with Gasteiger partial charge in [0.25, 0.3) is 0 Å². The van der Waals surface area contributed by atoms with Crippen LogP contribution in [0.5, 0.6) is 0 Å². The molecule has 1 fully saturated rings. The van der Waals surface area contributed by atoms with Crippen LogP contribution in [0.25, 0.3) is 21.9 Å². The van der Waals surface area contributed by atoms with Crippen LogP contribution in [0, 0.1) is 11.8 Å². The molecule has 36 heavy (non-hydrogen) atoms. The molecule has 0 atom stereocenters. The molecule has 0 spiro atoms. The number of aromatic nitrogens is 4. The first kappa shape index (κ1) is 24.7. The first-order valence-electron chi connectivity index (χ1n) is 11.9. The second-order valence-corrected chi connectivity index (χ2v) is 11.5. The number of hydrogen-bond acceptors (Lipinski definition) is 9. The second kappa shape index (κ2) is 10.2. The Morgan fingerprint density at radius 2 is 1.69 bits per heavy atom. The number of halogens is 1. The van der Waals surface area contributed by atoms with E-state index in [1.165, 1.54) is 6.07 Å². The third-order valence-electron chi connectivity index (χ3n) is 6.69. The molecule has 0 saturated heterocycles. The van der Waals surface area contributed by atoms with E-state index < -0.39 is 10.0 Å². The van der Waals surface area contributed by atoms with Crippen molar-refractivity contribution in [3.05, 3.63) is 41.4 Å². The Labute approximate surface area is 214 Å². The van der Waals surface area contributed by atoms with Gasteiger partial charge in [-0.1, -0.05) is 23.7 Å². The Bertz CT molecular complexity index is 1480. The fraction of sp³-hybridized carbons (Fsp3) is 0.417. The van der Waals surface area contributed by atoms with E-state index in [4.69, 9.17) is 16.6 Å². The average molecular weight is 530 g/mol. The largest absolute Gasteiger partial charge is 0.362 e. The second-order valence-electron chi connectivity index (χ2n) is 9.41. The fourth-order valence-electron chi connectivity index (χ4n) is 4.71. The molecule has 0 aliphatic heterocycles. The van der Waals surface area contributed by atoms with Gasteiger partial charge in [-0.2, -0.15) is 4.98 Å². The normalized spacial score (nSPS) is 18.5. The molecule has 2 N–H and O–H groups in total. The van der Waals surface area contributed by atoms with E-state index in [0.717, 1.165) is 48.9 Å². The Kier molecular flexibility index (Phi) is 6.96. The number of anilines is 2. The van der Waals surface area contributed by atoms with Gasteiger partial charge in [0.05, 0.1) is 10.5 Å². The van der Waals surface area contributed by atoms with E-state index in [9.17, 15) is 8.42 Å². The molecular weight excluding hydrogens is 502 g/mol. The highest BCUT2D eigenvalue weighted by Gasteiger charge is 2.27. The van der Waals surface area contributed by atoms with E-state index in [1.807, 2.05) is 43.3 Å². The molecule has 4 aromatic rings. The molecule has 0 amide bonds. The van der Waals surface area contributed by atoms with Crippen molar-refractivity contribution in [3.63, 3.8) is 0 Å². The maximum Gasteiger partial charge on any atom is 0.244 e. The zero-order valence-corrected chi connectivity index (χ0v) is 21.7. The summed E-state index contributed by atoms with van der Waals surface area (Å²) in [5, 5.41) is 12.0. The molecule has 0 unspecified atom stereocenters. The number of rotatable bonds is 8. The van der Waals surface area contributed by atoms with Gasteiger partial charge in [-0.3, -0.25) is 0 Å². The van der Waals surface area contributed by atoms with Gasteiger partial charge in [0, 0.05) is 32.6 Å². The highest BCUT2D eigenvalue weighted by atomic mass is 35.5. The van der Waals surface area contributed by atoms with Gasteiger partial charge in [0.2, 0.25) is 16.0 Å². The average Bonchev–Trinajstić information content (AvgIpc) is 3.34. The standard InChI is InChI=1S/C24H28ClN7O3S/c1-32(2)23-17-5-3-4-6-19(17)28-24(29-23)26-13-15-7-9-16(10-8-15)14-27-36(33,34)22-18(25)11-12-20-21(22)31-35-30-20/h3-6,11-12,15-16,27H,7-10,13-14H2,1-2H3,(H,26,28,29)/t15-,16-. The smallest absolute Gasteiger partial charge is 0.244 e. The van der Waals surface area contributed by atoms with Crippen molar-refractivity contribution in [2.24, 2.45) is 11.8 Å². The minimum Gasteiger partial charge on any atom is -0.362 e. The maximum absolute atomic E-state index is 13.0. The van der Waals surface area contributed by atoms with Crippen molar-refractivity contribution in [1.82, 2.24) is 25.0 Å². The van der Waals surface area contributed by atoms with Crippen molar-refractivity contribution in [2.45, 2.75) is 30.6 Å². The summed E-state index contributed by atoms with van der Waals surface area (Å²) in [6.45, 7) is 1.13. The Morgan fingerprint density at radius 1 is 0.972 bits per heavy atom. The summed E-state index contributed by atoms with van der Waals surface area (Å²) in [5.74, 6) is 2.24. The van der Waals surface area contributed by atoms with E-state index in [0.29, 0.717) is 23.9 Å². The Balaban J connectivity index is 1.16. The molecule has 1 aliphatic rings. The van der Waals surface area contributed by atoms with E-state index in [1.54, 1.807) is 6.07 Å². The summed E-state index contributed by atoms with van der Waals surface area (Å²) in [6.07, 6.45) is 3.85. The van der Waals surface area contributed by atoms with Crippen molar-refractivity contribution in [3.8, 4) is 0 Å². The zero-order valence-electron chi connectivity index (χ0n) is 20.1. The van der Waals surface area contributed by atoms with Crippen molar-refractivity contribution < 1.29 is 13.0 Å². The summed E-state index contributed by atoms with van der Waals surface area (Å²) < 4.78 is 33.3. The van der Waals surface area contributed by atoms with Gasteiger partial charge in [-0.15, -0.1) is 0 Å². The maximum atomic E-state index is 13.0. The topological polar surface area (TPSA) is 126 Å². The first-order valence-corrected chi connectivity index (χ1v) is 13.8. The van der Waals surface area contributed by atoms with Crippen LogP contribution in [0.2, 0.25) is 5.02 Å². The third kappa shape index (κ3) is 5.09. The molecule has 5 rings (SSSR count). The highest BCUT2D eigenvalue weighted by Crippen LogP contribution is 2.31. The van der Waals surface area contributed by atoms with Gasteiger partial charge in [0.1, 0.15) is 16.2 Å². The van der Waals surface area contributed by atoms with Crippen LogP contribution in [0.15, 0.2) is 45.9 Å². The van der Waals surface area contributed by atoms with Crippen LogP contribution in [-0.2, 0) is 10.0 Å². The molecule has 1 saturated carbocycles. The molecule has 190 valence electrons. The molecule has 0 bridgehead atoms. The lowest BCUT2D eigenvalue weighted by Crippen LogP contribution is -2.32. The SMILES string of the molecule is CN(C)c1nc(NC[C@H]2CC[C@H](CNS(=O)(=O)c3c(Cl)ccc4nonc34)CC2)nc2ccccc12. The third-order valence-corrected chi connectivity index (χ3v) is 8.61. The van der Waals surface area contributed by atoms with Crippen LogP contribution < -0.4 is 14.9 Å². The summed E-state index contributed by atoms with van der Waals surface area (Å²) >= 11 is 6.18. The predicted octanol–water partition coefficient (Wildman–Crippen LogP) is 4.08. The van der Waals surface area contributed by atoms with Crippen LogP contribution in [0.1, 0.15) is 25.7 Å². The fourth-order valence-corrected chi connectivity index (χ4v) is 6.49. The lowest BCUT2D eigenvalue weighted by molar-refractivity contribution is 0.284. The van der Waals surface area contributed by atoms with Crippen LogP contribution >= 0.6 is 11.6 Å². The number of nitrogens with one attached hydrogen (secondary N) is 2. The molecule has 12 heteroatoms. The molecule has 10 nitrogen and oxygen atoms in total. The van der Waals surface area contributed by atoms with Gasteiger partial charge in [-0.25, -0.2) is 22.8 Å². The number of benzene rings is 2. The quantitative estimate of drug-likeness (QED) is 0.347. The number of nitrogens with zero attached hydrogens (tertiary/aromatic N) is 5. The minimum atomic E-state index is -3.85. The molecule has 2 aromatic heterocycles. The highest BCUT2D eigenvalue weighted by molar-refractivity contribution is 7.89. The molecule has 1 aliphatic carbocycles. The Hall–Kier alpha value is -3.02. The number of hydrogen-bond donors (Lipinski definition) is 2. The number of para-hydroxylation sites is 1. The molecule has 2 aromatic carbocycles. The lowest BCUT2D eigenvalue weighted by Gasteiger charge is -2.28. The lowest BCUT2D eigenvalue weighted by atomic mass is 9.82. The number of sulfonamides is 1. The summed E-state index contributed by atoms with van der Waals surface area (Å²) in [4.78, 5) is 11.3. The van der Waals surface area contributed by atoms with Gasteiger partial charge in [-0.05, 0) is 72.1 Å². The van der Waals surface area contributed by atoms with Gasteiger partial charge >= 0.3 is 0 Å².